The van der Waals surface area contributed by atoms with Gasteiger partial charge < -0.3 is 16.0 Å². The van der Waals surface area contributed by atoms with Crippen LogP contribution < -0.4 is 16.0 Å². The molecular formula is C19H28FN5O2. The van der Waals surface area contributed by atoms with Gasteiger partial charge in [-0.3, -0.25) is 14.7 Å². The Morgan fingerprint density at radius 3 is 2.59 bits per heavy atom. The number of hydrogen-bond donors (Lipinski definition) is 3. The number of carbonyl (C=O) groups excluding carboxylic acids is 2. The van der Waals surface area contributed by atoms with Crippen LogP contribution in [0.5, 0.6) is 0 Å². The Labute approximate surface area is 159 Å². The smallest absolute Gasteiger partial charge is 0.325 e. The van der Waals surface area contributed by atoms with Crippen molar-refractivity contribution in [2.24, 2.45) is 4.99 Å². The molecule has 3 amide bonds. The number of aliphatic imine (C=N–C) groups is 1. The first-order valence-corrected chi connectivity index (χ1v) is 9.23. The number of halogens is 1. The van der Waals surface area contributed by atoms with Crippen LogP contribution in [0, 0.1) is 5.82 Å². The first-order valence-electron chi connectivity index (χ1n) is 9.23. The van der Waals surface area contributed by atoms with E-state index in [0.29, 0.717) is 50.4 Å². The molecule has 0 saturated carbocycles. The first kappa shape index (κ1) is 20.7. The normalized spacial score (nSPS) is 20.0. The van der Waals surface area contributed by atoms with Crippen molar-refractivity contribution in [3.05, 3.63) is 35.6 Å². The zero-order chi connectivity index (χ0) is 19.9. The average molecular weight is 377 g/mol. The van der Waals surface area contributed by atoms with Gasteiger partial charge in [0.1, 0.15) is 11.4 Å². The maximum absolute atomic E-state index is 13.6. The van der Waals surface area contributed by atoms with Gasteiger partial charge in [0.25, 0.3) is 5.91 Å². The Morgan fingerprint density at radius 1 is 1.26 bits per heavy atom. The molecule has 1 aliphatic heterocycles. The third kappa shape index (κ3) is 5.18. The van der Waals surface area contributed by atoms with Gasteiger partial charge in [0.2, 0.25) is 0 Å². The van der Waals surface area contributed by atoms with Crippen molar-refractivity contribution in [3.8, 4) is 0 Å². The summed E-state index contributed by atoms with van der Waals surface area (Å²) < 4.78 is 13.6. The molecule has 1 aromatic rings. The number of hydrogen-bond acceptors (Lipinski definition) is 3. The fraction of sp³-hybridized carbons (Fsp3) is 0.526. The highest BCUT2D eigenvalue weighted by Crippen LogP contribution is 2.20. The third-order valence-electron chi connectivity index (χ3n) is 4.77. The molecule has 7 nitrogen and oxygen atoms in total. The molecule has 1 unspecified atom stereocenters. The molecule has 1 aromatic carbocycles. The summed E-state index contributed by atoms with van der Waals surface area (Å²) in [5.74, 6) is 0.208. The van der Waals surface area contributed by atoms with E-state index in [9.17, 15) is 14.0 Å². The van der Waals surface area contributed by atoms with Crippen LogP contribution >= 0.6 is 0 Å². The second-order valence-corrected chi connectivity index (χ2v) is 6.69. The molecule has 0 spiro atoms. The van der Waals surface area contributed by atoms with Crippen LogP contribution in [0.1, 0.15) is 32.3 Å². The maximum Gasteiger partial charge on any atom is 0.325 e. The Morgan fingerprint density at radius 2 is 1.96 bits per heavy atom. The Kier molecular flexibility index (Phi) is 7.15. The lowest BCUT2D eigenvalue weighted by molar-refractivity contribution is -0.130. The molecule has 3 N–H and O–H groups in total. The fourth-order valence-corrected chi connectivity index (χ4v) is 2.87. The van der Waals surface area contributed by atoms with E-state index in [0.717, 1.165) is 0 Å². The van der Waals surface area contributed by atoms with Crippen LogP contribution in [0.15, 0.2) is 29.3 Å². The van der Waals surface area contributed by atoms with E-state index in [1.54, 1.807) is 26.1 Å². The summed E-state index contributed by atoms with van der Waals surface area (Å²) in [6.45, 7) is 5.06. The van der Waals surface area contributed by atoms with Crippen LogP contribution in [0.2, 0.25) is 0 Å². The van der Waals surface area contributed by atoms with E-state index in [-0.39, 0.29) is 17.8 Å². The minimum absolute atomic E-state index is 0.178. The van der Waals surface area contributed by atoms with Crippen LogP contribution in [-0.2, 0) is 11.2 Å². The van der Waals surface area contributed by atoms with Gasteiger partial charge >= 0.3 is 6.03 Å². The number of guanidine groups is 1. The standard InChI is InChI=1S/C19H28FN5O2/c1-4-19(2)16(26)25(18(27)24-19)13-7-11-22-17(21-3)23-12-10-14-8-5-6-9-15(14)20/h5-6,8-9H,4,7,10-13H2,1-3H3,(H,24,27)(H2,21,22,23). The number of benzene rings is 1. The molecule has 2 rings (SSSR count). The highest BCUT2D eigenvalue weighted by atomic mass is 19.1. The molecule has 1 aliphatic rings. The average Bonchev–Trinajstić information content (AvgIpc) is 2.88. The highest BCUT2D eigenvalue weighted by molar-refractivity contribution is 6.06. The largest absolute Gasteiger partial charge is 0.356 e. The topological polar surface area (TPSA) is 85.8 Å². The van der Waals surface area contributed by atoms with Gasteiger partial charge in [-0.2, -0.15) is 0 Å². The molecule has 0 aromatic heterocycles. The van der Waals surface area contributed by atoms with E-state index in [4.69, 9.17) is 0 Å². The second-order valence-electron chi connectivity index (χ2n) is 6.69. The van der Waals surface area contributed by atoms with E-state index >= 15 is 0 Å². The lowest BCUT2D eigenvalue weighted by Gasteiger charge is -2.19. The van der Waals surface area contributed by atoms with Crippen molar-refractivity contribution < 1.29 is 14.0 Å². The number of amides is 3. The third-order valence-corrected chi connectivity index (χ3v) is 4.77. The summed E-state index contributed by atoms with van der Waals surface area (Å²) in [6, 6.07) is 6.35. The monoisotopic (exact) mass is 377 g/mol. The van der Waals surface area contributed by atoms with E-state index < -0.39 is 5.54 Å². The molecule has 8 heteroatoms. The molecule has 0 aliphatic carbocycles. The van der Waals surface area contributed by atoms with Crippen LogP contribution in [0.3, 0.4) is 0 Å². The van der Waals surface area contributed by atoms with Gasteiger partial charge in [0.15, 0.2) is 5.96 Å². The summed E-state index contributed by atoms with van der Waals surface area (Å²) in [6.07, 6.45) is 1.71. The number of imide groups is 1. The van der Waals surface area contributed by atoms with E-state index in [1.165, 1.54) is 11.0 Å². The quantitative estimate of drug-likeness (QED) is 0.278. The van der Waals surface area contributed by atoms with Gasteiger partial charge in [-0.15, -0.1) is 0 Å². The zero-order valence-electron chi connectivity index (χ0n) is 16.1. The number of nitrogens with one attached hydrogen (secondary N) is 3. The van der Waals surface area contributed by atoms with Crippen molar-refractivity contribution >= 4 is 17.9 Å². The number of urea groups is 1. The predicted molar refractivity (Wildman–Crippen MR) is 103 cm³/mol. The minimum Gasteiger partial charge on any atom is -0.356 e. The summed E-state index contributed by atoms with van der Waals surface area (Å²) in [7, 11) is 1.66. The van der Waals surface area contributed by atoms with E-state index in [1.807, 2.05) is 13.0 Å². The van der Waals surface area contributed by atoms with Crippen molar-refractivity contribution in [2.45, 2.75) is 38.6 Å². The molecule has 27 heavy (non-hydrogen) atoms. The van der Waals surface area contributed by atoms with Gasteiger partial charge in [0.05, 0.1) is 0 Å². The molecule has 1 fully saturated rings. The van der Waals surface area contributed by atoms with Crippen LogP contribution in [0.4, 0.5) is 9.18 Å². The second kappa shape index (κ2) is 9.34. The molecule has 1 saturated heterocycles. The fourth-order valence-electron chi connectivity index (χ4n) is 2.87. The Hall–Kier alpha value is -2.64. The van der Waals surface area contributed by atoms with Crippen LogP contribution in [-0.4, -0.2) is 55.0 Å². The first-order chi connectivity index (χ1) is 12.9. The van der Waals surface area contributed by atoms with Gasteiger partial charge in [0, 0.05) is 26.7 Å². The van der Waals surface area contributed by atoms with Crippen molar-refractivity contribution in [1.82, 2.24) is 20.9 Å². The molecule has 148 valence electrons. The van der Waals surface area contributed by atoms with Crippen molar-refractivity contribution in [2.75, 3.05) is 26.7 Å². The van der Waals surface area contributed by atoms with E-state index in [2.05, 4.69) is 20.9 Å². The molecule has 0 bridgehead atoms. The molecule has 1 heterocycles. The minimum atomic E-state index is -0.797. The predicted octanol–water partition coefficient (Wildman–Crippen LogP) is 1.64. The lowest BCUT2D eigenvalue weighted by atomic mass is 9.99. The maximum atomic E-state index is 13.6. The Balaban J connectivity index is 1.70. The summed E-state index contributed by atoms with van der Waals surface area (Å²) in [5.41, 5.74) is -0.146. The zero-order valence-corrected chi connectivity index (χ0v) is 16.1. The molecule has 1 atom stereocenters. The SMILES string of the molecule is CCC1(C)NC(=O)N(CCCNC(=NC)NCCc2ccccc2F)C1=O. The van der Waals surface area contributed by atoms with Gasteiger partial charge in [-0.05, 0) is 37.8 Å². The van der Waals surface area contributed by atoms with Crippen LogP contribution in [0.25, 0.3) is 0 Å². The van der Waals surface area contributed by atoms with Crippen molar-refractivity contribution in [3.63, 3.8) is 0 Å². The number of carbonyl (C=O) groups is 2. The Bertz CT molecular complexity index is 709. The highest BCUT2D eigenvalue weighted by Gasteiger charge is 2.45. The number of nitrogens with zero attached hydrogens (tertiary/aromatic N) is 2. The number of rotatable bonds is 8. The summed E-state index contributed by atoms with van der Waals surface area (Å²) in [4.78, 5) is 29.6. The summed E-state index contributed by atoms with van der Waals surface area (Å²) in [5, 5.41) is 9.00. The molecule has 0 radical (unpaired) electrons. The molecular weight excluding hydrogens is 349 g/mol. The van der Waals surface area contributed by atoms with Gasteiger partial charge in [-0.1, -0.05) is 25.1 Å². The van der Waals surface area contributed by atoms with Crippen molar-refractivity contribution in [1.29, 1.82) is 0 Å². The summed E-state index contributed by atoms with van der Waals surface area (Å²) >= 11 is 0. The van der Waals surface area contributed by atoms with Gasteiger partial charge in [-0.25, -0.2) is 9.18 Å². The lowest BCUT2D eigenvalue weighted by Crippen LogP contribution is -2.43.